The number of benzene rings is 2. The van der Waals surface area contributed by atoms with Crippen LogP contribution in [0.4, 0.5) is 0 Å². The van der Waals surface area contributed by atoms with Gasteiger partial charge in [0, 0.05) is 5.56 Å². The molecule has 27 heavy (non-hydrogen) atoms. The van der Waals surface area contributed by atoms with E-state index in [0.717, 1.165) is 16.7 Å². The standard InChI is InChI=1S/C19H18N6O2/c1-3-26-16-11-7-6-10-15(16)18-20-17(27-23-18)12-25-22-19(21-24-25)14-9-5-4-8-13(14)2/h4-11H,3,12H2,1-2H3. The number of hydrogen-bond donors (Lipinski definition) is 0. The summed E-state index contributed by atoms with van der Waals surface area (Å²) in [4.78, 5) is 5.87. The Balaban J connectivity index is 1.55. The van der Waals surface area contributed by atoms with Gasteiger partial charge >= 0.3 is 0 Å². The summed E-state index contributed by atoms with van der Waals surface area (Å²) in [5.41, 5.74) is 2.81. The number of aryl methyl sites for hydroxylation is 1. The van der Waals surface area contributed by atoms with Gasteiger partial charge in [0.1, 0.15) is 12.3 Å². The number of aromatic nitrogens is 6. The number of hydrogen-bond acceptors (Lipinski definition) is 7. The van der Waals surface area contributed by atoms with E-state index in [1.54, 1.807) is 0 Å². The van der Waals surface area contributed by atoms with Crippen LogP contribution in [0.3, 0.4) is 0 Å². The molecule has 4 aromatic rings. The van der Waals surface area contributed by atoms with Crippen molar-refractivity contribution in [1.29, 1.82) is 0 Å². The fourth-order valence-electron chi connectivity index (χ4n) is 2.72. The average molecular weight is 362 g/mol. The zero-order valence-corrected chi connectivity index (χ0v) is 15.0. The van der Waals surface area contributed by atoms with E-state index in [1.165, 1.54) is 4.80 Å². The van der Waals surface area contributed by atoms with Crippen molar-refractivity contribution in [3.8, 4) is 28.5 Å². The molecule has 0 saturated heterocycles. The third kappa shape index (κ3) is 3.55. The molecule has 2 aromatic carbocycles. The molecule has 0 spiro atoms. The summed E-state index contributed by atoms with van der Waals surface area (Å²) >= 11 is 0. The minimum Gasteiger partial charge on any atom is -0.493 e. The Kier molecular flexibility index (Phi) is 4.61. The molecule has 0 unspecified atom stereocenters. The van der Waals surface area contributed by atoms with E-state index in [2.05, 4.69) is 25.6 Å². The van der Waals surface area contributed by atoms with Crippen LogP contribution < -0.4 is 4.74 Å². The van der Waals surface area contributed by atoms with E-state index in [1.807, 2.05) is 62.4 Å². The van der Waals surface area contributed by atoms with Crippen LogP contribution in [0.1, 0.15) is 18.4 Å². The average Bonchev–Trinajstić information content (AvgIpc) is 3.33. The van der Waals surface area contributed by atoms with Crippen molar-refractivity contribution in [1.82, 2.24) is 30.3 Å². The van der Waals surface area contributed by atoms with Gasteiger partial charge in [-0.3, -0.25) is 0 Å². The topological polar surface area (TPSA) is 91.8 Å². The molecule has 0 aliphatic rings. The molecule has 4 rings (SSSR count). The summed E-state index contributed by atoms with van der Waals surface area (Å²) in [6.45, 7) is 4.74. The maximum absolute atomic E-state index is 5.62. The highest BCUT2D eigenvalue weighted by atomic mass is 16.5. The third-order valence-corrected chi connectivity index (χ3v) is 4.01. The quantitative estimate of drug-likeness (QED) is 0.520. The molecule has 0 radical (unpaired) electrons. The van der Waals surface area contributed by atoms with Crippen molar-refractivity contribution in [2.75, 3.05) is 6.61 Å². The van der Waals surface area contributed by atoms with Gasteiger partial charge in [-0.1, -0.05) is 41.6 Å². The van der Waals surface area contributed by atoms with Gasteiger partial charge in [-0.05, 0) is 36.8 Å². The van der Waals surface area contributed by atoms with Gasteiger partial charge in [-0.2, -0.15) is 9.78 Å². The van der Waals surface area contributed by atoms with Crippen LogP contribution in [-0.4, -0.2) is 37.0 Å². The van der Waals surface area contributed by atoms with Gasteiger partial charge in [0.15, 0.2) is 0 Å². The predicted octanol–water partition coefficient (Wildman–Crippen LogP) is 3.15. The maximum Gasteiger partial charge on any atom is 0.250 e. The number of para-hydroxylation sites is 1. The first kappa shape index (κ1) is 16.9. The number of rotatable bonds is 6. The van der Waals surface area contributed by atoms with E-state index in [0.29, 0.717) is 29.9 Å². The van der Waals surface area contributed by atoms with E-state index >= 15 is 0 Å². The second kappa shape index (κ2) is 7.36. The lowest BCUT2D eigenvalue weighted by Crippen LogP contribution is -2.04. The summed E-state index contributed by atoms with van der Waals surface area (Å²) < 4.78 is 11.0. The summed E-state index contributed by atoms with van der Waals surface area (Å²) in [7, 11) is 0. The Morgan fingerprint density at radius 1 is 1.00 bits per heavy atom. The molecule has 2 aromatic heterocycles. The van der Waals surface area contributed by atoms with Gasteiger partial charge < -0.3 is 9.26 Å². The largest absolute Gasteiger partial charge is 0.493 e. The molecule has 2 heterocycles. The molecule has 0 aliphatic carbocycles. The fraction of sp³-hybridized carbons (Fsp3) is 0.211. The second-order valence-electron chi connectivity index (χ2n) is 5.90. The number of nitrogens with zero attached hydrogens (tertiary/aromatic N) is 6. The highest BCUT2D eigenvalue weighted by Gasteiger charge is 2.15. The monoisotopic (exact) mass is 362 g/mol. The van der Waals surface area contributed by atoms with Gasteiger partial charge in [-0.25, -0.2) is 0 Å². The molecule has 8 heteroatoms. The van der Waals surface area contributed by atoms with Crippen molar-refractivity contribution in [3.05, 3.63) is 60.0 Å². The van der Waals surface area contributed by atoms with Gasteiger partial charge in [0.2, 0.25) is 11.6 Å². The highest BCUT2D eigenvalue weighted by molar-refractivity contribution is 5.63. The lowest BCUT2D eigenvalue weighted by atomic mass is 10.1. The predicted molar refractivity (Wildman–Crippen MR) is 98.0 cm³/mol. The molecule has 136 valence electrons. The minimum atomic E-state index is 0.239. The lowest BCUT2D eigenvalue weighted by molar-refractivity contribution is 0.340. The van der Waals surface area contributed by atoms with Crippen molar-refractivity contribution in [3.63, 3.8) is 0 Å². The minimum absolute atomic E-state index is 0.239. The first-order valence-electron chi connectivity index (χ1n) is 8.63. The Hall–Kier alpha value is -3.55. The normalized spacial score (nSPS) is 10.9. The van der Waals surface area contributed by atoms with Crippen LogP contribution in [0.15, 0.2) is 53.1 Å². The van der Waals surface area contributed by atoms with Crippen molar-refractivity contribution >= 4 is 0 Å². The Labute approximate surface area is 155 Å². The maximum atomic E-state index is 5.62. The Morgan fingerprint density at radius 2 is 1.78 bits per heavy atom. The Morgan fingerprint density at radius 3 is 2.59 bits per heavy atom. The zero-order valence-electron chi connectivity index (χ0n) is 15.0. The highest BCUT2D eigenvalue weighted by Crippen LogP contribution is 2.27. The summed E-state index contributed by atoms with van der Waals surface area (Å²) in [6.07, 6.45) is 0. The fourth-order valence-corrected chi connectivity index (χ4v) is 2.72. The van der Waals surface area contributed by atoms with Crippen molar-refractivity contribution in [2.45, 2.75) is 20.4 Å². The van der Waals surface area contributed by atoms with Crippen LogP contribution in [-0.2, 0) is 6.54 Å². The molecular weight excluding hydrogens is 344 g/mol. The van der Waals surface area contributed by atoms with Crippen LogP contribution in [0.2, 0.25) is 0 Å². The van der Waals surface area contributed by atoms with Gasteiger partial charge in [-0.15, -0.1) is 10.2 Å². The first-order chi connectivity index (χ1) is 13.2. The smallest absolute Gasteiger partial charge is 0.250 e. The van der Waals surface area contributed by atoms with E-state index in [4.69, 9.17) is 9.26 Å². The molecule has 0 atom stereocenters. The zero-order chi connectivity index (χ0) is 18.6. The van der Waals surface area contributed by atoms with Gasteiger partial charge in [0.05, 0.1) is 12.2 Å². The molecule has 0 aliphatic heterocycles. The summed E-state index contributed by atoms with van der Waals surface area (Å²) in [5, 5.41) is 16.7. The Bertz CT molecular complexity index is 1060. The third-order valence-electron chi connectivity index (χ3n) is 4.01. The van der Waals surface area contributed by atoms with Gasteiger partial charge in [0.25, 0.3) is 5.89 Å². The van der Waals surface area contributed by atoms with Crippen molar-refractivity contribution < 1.29 is 9.26 Å². The lowest BCUT2D eigenvalue weighted by Gasteiger charge is -2.05. The molecule has 0 fully saturated rings. The molecule has 0 saturated carbocycles. The second-order valence-corrected chi connectivity index (χ2v) is 5.90. The van der Waals surface area contributed by atoms with Crippen molar-refractivity contribution in [2.24, 2.45) is 0 Å². The van der Waals surface area contributed by atoms with E-state index in [9.17, 15) is 0 Å². The van der Waals surface area contributed by atoms with E-state index < -0.39 is 0 Å². The summed E-state index contributed by atoms with van der Waals surface area (Å²) in [5.74, 6) is 2.14. The van der Waals surface area contributed by atoms with Crippen LogP contribution in [0.5, 0.6) is 5.75 Å². The van der Waals surface area contributed by atoms with Crippen LogP contribution in [0.25, 0.3) is 22.8 Å². The molecule has 0 bridgehead atoms. The SMILES string of the molecule is CCOc1ccccc1-c1noc(Cn2nnc(-c3ccccc3C)n2)n1. The molecule has 0 N–H and O–H groups in total. The number of tetrazole rings is 1. The molecular formula is C19H18N6O2. The van der Waals surface area contributed by atoms with E-state index in [-0.39, 0.29) is 6.54 Å². The molecule has 8 nitrogen and oxygen atoms in total. The number of ether oxygens (including phenoxy) is 1. The van der Waals surface area contributed by atoms with Crippen LogP contribution in [0, 0.1) is 6.92 Å². The summed E-state index contributed by atoms with van der Waals surface area (Å²) in [6, 6.07) is 15.5. The first-order valence-corrected chi connectivity index (χ1v) is 8.63. The van der Waals surface area contributed by atoms with Crippen LogP contribution >= 0.6 is 0 Å². The molecule has 0 amide bonds.